The highest BCUT2D eigenvalue weighted by Crippen LogP contribution is 2.28. The van der Waals surface area contributed by atoms with Gasteiger partial charge in [0, 0.05) is 18.0 Å². The maximum atomic E-state index is 10.7. The molecular weight excluding hydrogens is 296 g/mol. The molecule has 110 valence electrons. The van der Waals surface area contributed by atoms with Crippen molar-refractivity contribution in [2.24, 2.45) is 0 Å². The van der Waals surface area contributed by atoms with Crippen LogP contribution in [0, 0.1) is 6.92 Å². The van der Waals surface area contributed by atoms with Crippen molar-refractivity contribution in [3.8, 4) is 17.1 Å². The average molecular weight is 310 g/mol. The molecule has 2 heterocycles. The van der Waals surface area contributed by atoms with E-state index >= 15 is 0 Å². The van der Waals surface area contributed by atoms with Crippen LogP contribution < -0.4 is 0 Å². The van der Waals surface area contributed by atoms with Crippen molar-refractivity contribution in [1.82, 2.24) is 19.7 Å². The van der Waals surface area contributed by atoms with Crippen molar-refractivity contribution < 1.29 is 4.79 Å². The molecular formula is C16H14N4OS. The van der Waals surface area contributed by atoms with Crippen molar-refractivity contribution >= 4 is 18.0 Å². The van der Waals surface area contributed by atoms with Gasteiger partial charge in [0.15, 0.2) is 11.0 Å². The summed E-state index contributed by atoms with van der Waals surface area (Å²) in [5.74, 6) is 1.09. The summed E-state index contributed by atoms with van der Waals surface area (Å²) in [6, 6.07) is 11.8. The molecule has 0 saturated carbocycles. The predicted molar refractivity (Wildman–Crippen MR) is 86.1 cm³/mol. The zero-order valence-electron chi connectivity index (χ0n) is 12.0. The van der Waals surface area contributed by atoms with Gasteiger partial charge in [-0.15, -0.1) is 10.2 Å². The molecule has 0 fully saturated rings. The molecule has 0 atom stereocenters. The Kier molecular flexibility index (Phi) is 4.29. The Hall–Kier alpha value is -2.47. The van der Waals surface area contributed by atoms with Gasteiger partial charge in [-0.2, -0.15) is 0 Å². The molecule has 6 heteroatoms. The molecule has 0 N–H and O–H groups in total. The molecule has 0 radical (unpaired) electrons. The lowest BCUT2D eigenvalue weighted by atomic mass is 10.2. The second-order valence-corrected chi connectivity index (χ2v) is 5.63. The summed E-state index contributed by atoms with van der Waals surface area (Å²) in [6.07, 6.45) is 4.32. The van der Waals surface area contributed by atoms with E-state index < -0.39 is 0 Å². The smallest absolute Gasteiger partial charge is 0.196 e. The number of thioether (sulfide) groups is 1. The van der Waals surface area contributed by atoms with Crippen LogP contribution in [0.3, 0.4) is 0 Å². The number of benzene rings is 1. The number of pyridine rings is 1. The standard InChI is InChI=1S/C16H14N4OS/c1-12-4-2-3-5-14(12)20-15(13-6-8-17-9-7-13)18-19-16(20)22-11-10-21/h2-10H,11H2,1H3. The third kappa shape index (κ3) is 2.78. The molecule has 0 amide bonds. The first-order valence-corrected chi connectivity index (χ1v) is 7.78. The van der Waals surface area contributed by atoms with Crippen LogP contribution in [-0.4, -0.2) is 31.8 Å². The first-order valence-electron chi connectivity index (χ1n) is 6.79. The van der Waals surface area contributed by atoms with Gasteiger partial charge < -0.3 is 4.79 Å². The molecule has 5 nitrogen and oxygen atoms in total. The molecule has 0 spiro atoms. The lowest BCUT2D eigenvalue weighted by Gasteiger charge is -2.12. The van der Waals surface area contributed by atoms with Crippen LogP contribution >= 0.6 is 11.8 Å². The molecule has 0 aliphatic carbocycles. The Morgan fingerprint density at radius 2 is 1.91 bits per heavy atom. The number of carbonyl (C=O) groups excluding carboxylic acids is 1. The summed E-state index contributed by atoms with van der Waals surface area (Å²) in [7, 11) is 0. The lowest BCUT2D eigenvalue weighted by molar-refractivity contribution is -0.105. The van der Waals surface area contributed by atoms with Crippen LogP contribution in [0.2, 0.25) is 0 Å². The van der Waals surface area contributed by atoms with Gasteiger partial charge in [0.2, 0.25) is 0 Å². The first-order chi connectivity index (χ1) is 10.8. The van der Waals surface area contributed by atoms with Crippen LogP contribution in [-0.2, 0) is 4.79 Å². The van der Waals surface area contributed by atoms with E-state index in [1.54, 1.807) is 12.4 Å². The average Bonchev–Trinajstić information content (AvgIpc) is 2.98. The fourth-order valence-corrected chi connectivity index (χ4v) is 2.82. The number of aryl methyl sites for hydroxylation is 1. The van der Waals surface area contributed by atoms with Gasteiger partial charge >= 0.3 is 0 Å². The lowest BCUT2D eigenvalue weighted by Crippen LogP contribution is -2.02. The third-order valence-electron chi connectivity index (χ3n) is 3.21. The van der Waals surface area contributed by atoms with Crippen molar-refractivity contribution in [1.29, 1.82) is 0 Å². The monoisotopic (exact) mass is 310 g/mol. The Morgan fingerprint density at radius 1 is 1.14 bits per heavy atom. The van der Waals surface area contributed by atoms with Gasteiger partial charge in [-0.3, -0.25) is 9.55 Å². The SMILES string of the molecule is Cc1ccccc1-n1c(SCC=O)nnc1-c1ccncc1. The molecule has 0 aliphatic heterocycles. The number of hydrogen-bond acceptors (Lipinski definition) is 5. The number of aldehydes is 1. The van der Waals surface area contributed by atoms with Gasteiger partial charge in [0.1, 0.15) is 6.29 Å². The minimum Gasteiger partial charge on any atom is -0.302 e. The summed E-state index contributed by atoms with van der Waals surface area (Å²) in [5, 5.41) is 9.25. The van der Waals surface area contributed by atoms with Gasteiger partial charge in [-0.05, 0) is 30.7 Å². The second-order valence-electron chi connectivity index (χ2n) is 4.64. The molecule has 0 saturated heterocycles. The Labute approximate surface area is 132 Å². The normalized spacial score (nSPS) is 10.6. The van der Waals surface area contributed by atoms with E-state index in [4.69, 9.17) is 0 Å². The molecule has 3 aromatic rings. The summed E-state index contributed by atoms with van der Waals surface area (Å²) >= 11 is 1.37. The van der Waals surface area contributed by atoms with E-state index in [0.717, 1.165) is 28.9 Å². The third-order valence-corrected chi connectivity index (χ3v) is 4.03. The summed E-state index contributed by atoms with van der Waals surface area (Å²) in [6.45, 7) is 2.04. The Balaban J connectivity index is 2.18. The van der Waals surface area contributed by atoms with E-state index in [-0.39, 0.29) is 0 Å². The quantitative estimate of drug-likeness (QED) is 0.535. The van der Waals surface area contributed by atoms with Gasteiger partial charge in [-0.1, -0.05) is 30.0 Å². The zero-order chi connectivity index (χ0) is 15.4. The largest absolute Gasteiger partial charge is 0.302 e. The fourth-order valence-electron chi connectivity index (χ4n) is 2.19. The topological polar surface area (TPSA) is 60.7 Å². The molecule has 3 rings (SSSR count). The van der Waals surface area contributed by atoms with Crippen molar-refractivity contribution in [3.05, 3.63) is 54.4 Å². The summed E-state index contributed by atoms with van der Waals surface area (Å²) in [5.41, 5.74) is 3.06. The van der Waals surface area contributed by atoms with Gasteiger partial charge in [0.25, 0.3) is 0 Å². The number of nitrogens with zero attached hydrogens (tertiary/aromatic N) is 4. The second kappa shape index (κ2) is 6.53. The molecule has 0 unspecified atom stereocenters. The summed E-state index contributed by atoms with van der Waals surface area (Å²) in [4.78, 5) is 14.7. The highest BCUT2D eigenvalue weighted by molar-refractivity contribution is 7.99. The minimum absolute atomic E-state index is 0.348. The highest BCUT2D eigenvalue weighted by Gasteiger charge is 2.16. The zero-order valence-corrected chi connectivity index (χ0v) is 12.8. The number of rotatable bonds is 5. The molecule has 1 aromatic carbocycles. The number of carbonyl (C=O) groups is 1. The van der Waals surface area contributed by atoms with E-state index in [1.807, 2.05) is 47.9 Å². The van der Waals surface area contributed by atoms with Crippen molar-refractivity contribution in [2.75, 3.05) is 5.75 Å². The van der Waals surface area contributed by atoms with E-state index in [1.165, 1.54) is 11.8 Å². The minimum atomic E-state index is 0.348. The van der Waals surface area contributed by atoms with Crippen LogP contribution in [0.1, 0.15) is 5.56 Å². The molecule has 22 heavy (non-hydrogen) atoms. The van der Waals surface area contributed by atoms with Gasteiger partial charge in [0.05, 0.1) is 11.4 Å². The van der Waals surface area contributed by atoms with Crippen molar-refractivity contribution in [2.45, 2.75) is 12.1 Å². The Bertz CT molecular complexity index is 786. The number of hydrogen-bond donors (Lipinski definition) is 0. The maximum absolute atomic E-state index is 10.7. The van der Waals surface area contributed by atoms with E-state index in [9.17, 15) is 4.79 Å². The van der Waals surface area contributed by atoms with Crippen LogP contribution in [0.4, 0.5) is 0 Å². The molecule has 0 bridgehead atoms. The van der Waals surface area contributed by atoms with Gasteiger partial charge in [-0.25, -0.2) is 0 Å². The maximum Gasteiger partial charge on any atom is 0.196 e. The molecule has 2 aromatic heterocycles. The van der Waals surface area contributed by atoms with E-state index in [0.29, 0.717) is 10.9 Å². The highest BCUT2D eigenvalue weighted by atomic mass is 32.2. The molecule has 0 aliphatic rings. The van der Waals surface area contributed by atoms with Crippen molar-refractivity contribution in [3.63, 3.8) is 0 Å². The number of aromatic nitrogens is 4. The predicted octanol–water partition coefficient (Wildman–Crippen LogP) is 2.93. The van der Waals surface area contributed by atoms with E-state index in [2.05, 4.69) is 15.2 Å². The van der Waals surface area contributed by atoms with Crippen LogP contribution in [0.5, 0.6) is 0 Å². The number of para-hydroxylation sites is 1. The Morgan fingerprint density at radius 3 is 2.64 bits per heavy atom. The fraction of sp³-hybridized carbons (Fsp3) is 0.125. The van der Waals surface area contributed by atoms with Crippen LogP contribution in [0.25, 0.3) is 17.1 Å². The first kappa shape index (κ1) is 14.5. The summed E-state index contributed by atoms with van der Waals surface area (Å²) < 4.78 is 1.98. The van der Waals surface area contributed by atoms with Crippen LogP contribution in [0.15, 0.2) is 53.9 Å².